The molecule has 0 spiro atoms. The normalized spacial score (nSPS) is 11.8. The monoisotopic (exact) mass is 613 g/mol. The second-order valence-corrected chi connectivity index (χ2v) is 12.1. The van der Waals surface area contributed by atoms with Crippen molar-refractivity contribution in [2.45, 2.75) is 0 Å². The molecule has 0 unspecified atom stereocenters. The first-order chi connectivity index (χ1) is 23.8. The summed E-state index contributed by atoms with van der Waals surface area (Å²) >= 11 is 0. The number of nitrogens with zero attached hydrogens (tertiary/aromatic N) is 5. The predicted molar refractivity (Wildman–Crippen MR) is 196 cm³/mol. The van der Waals surface area contributed by atoms with Crippen LogP contribution in [0.2, 0.25) is 0 Å². The third-order valence-corrected chi connectivity index (χ3v) is 9.28. The summed E-state index contributed by atoms with van der Waals surface area (Å²) in [5.41, 5.74) is 12.4. The fourth-order valence-corrected chi connectivity index (χ4v) is 7.16. The van der Waals surface area contributed by atoms with Gasteiger partial charge in [-0.1, -0.05) is 127 Å². The highest BCUT2D eigenvalue weighted by Crippen LogP contribution is 2.40. The summed E-state index contributed by atoms with van der Waals surface area (Å²) in [7, 11) is 0. The van der Waals surface area contributed by atoms with Crippen molar-refractivity contribution in [1.82, 2.24) is 23.9 Å². The molecule has 0 amide bonds. The lowest BCUT2D eigenvalue weighted by molar-refractivity contribution is 1.16. The molecule has 10 rings (SSSR count). The third-order valence-electron chi connectivity index (χ3n) is 9.28. The van der Waals surface area contributed by atoms with Gasteiger partial charge in [0.2, 0.25) is 0 Å². The van der Waals surface area contributed by atoms with E-state index in [9.17, 15) is 0 Å². The highest BCUT2D eigenvalue weighted by Gasteiger charge is 2.21. The van der Waals surface area contributed by atoms with Gasteiger partial charge in [0, 0.05) is 38.5 Å². The zero-order chi connectivity index (χ0) is 31.6. The molecule has 224 valence electrons. The Morgan fingerprint density at radius 3 is 1.79 bits per heavy atom. The molecule has 0 aliphatic heterocycles. The van der Waals surface area contributed by atoms with Crippen molar-refractivity contribution < 1.29 is 0 Å². The lowest BCUT2D eigenvalue weighted by Gasteiger charge is -2.13. The van der Waals surface area contributed by atoms with Gasteiger partial charge in [0.25, 0.3) is 0 Å². The standard InChI is InChI=1S/C43H27N5/c1-3-14-28(15-4-1)36-27-37(45-42(44-36)29-16-5-2-6-17-29)30-18-13-19-31(26-30)47-38-24-11-9-22-34(38)41-40(47)32-20-7-8-21-33(32)43-46-35-23-10-12-25-39(35)48(41)43/h1-27H. The minimum absolute atomic E-state index is 0.703. The zero-order valence-electron chi connectivity index (χ0n) is 25.8. The van der Waals surface area contributed by atoms with E-state index in [2.05, 4.69) is 136 Å². The van der Waals surface area contributed by atoms with Gasteiger partial charge >= 0.3 is 0 Å². The van der Waals surface area contributed by atoms with Crippen molar-refractivity contribution in [2.24, 2.45) is 0 Å². The number of para-hydroxylation sites is 3. The number of fused-ring (bicyclic) bond motifs is 10. The number of aromatic nitrogens is 5. The van der Waals surface area contributed by atoms with Crippen LogP contribution < -0.4 is 0 Å². The average Bonchev–Trinajstić information content (AvgIpc) is 3.72. The van der Waals surface area contributed by atoms with Crippen LogP contribution in [-0.2, 0) is 0 Å². The molecule has 6 aromatic carbocycles. The Balaban J connectivity index is 1.27. The van der Waals surface area contributed by atoms with E-state index in [0.29, 0.717) is 5.82 Å². The zero-order valence-corrected chi connectivity index (χ0v) is 25.8. The van der Waals surface area contributed by atoms with Crippen LogP contribution in [0.3, 0.4) is 0 Å². The van der Waals surface area contributed by atoms with Crippen LogP contribution in [0, 0.1) is 0 Å². The molecule has 10 aromatic rings. The molecule has 0 saturated carbocycles. The molecule has 0 bridgehead atoms. The summed E-state index contributed by atoms with van der Waals surface area (Å²) in [4.78, 5) is 15.3. The fraction of sp³-hybridized carbons (Fsp3) is 0. The molecular weight excluding hydrogens is 587 g/mol. The van der Waals surface area contributed by atoms with E-state index in [-0.39, 0.29) is 0 Å². The lowest BCUT2D eigenvalue weighted by Crippen LogP contribution is -1.98. The number of pyridine rings is 1. The van der Waals surface area contributed by atoms with Crippen molar-refractivity contribution in [3.05, 3.63) is 164 Å². The summed E-state index contributed by atoms with van der Waals surface area (Å²) < 4.78 is 4.75. The van der Waals surface area contributed by atoms with E-state index in [1.165, 1.54) is 5.39 Å². The van der Waals surface area contributed by atoms with Gasteiger partial charge in [-0.25, -0.2) is 15.0 Å². The molecule has 0 N–H and O–H groups in total. The van der Waals surface area contributed by atoms with Crippen molar-refractivity contribution in [3.8, 4) is 39.6 Å². The molecule has 5 heteroatoms. The summed E-state index contributed by atoms with van der Waals surface area (Å²) in [6, 6.07) is 57.1. The first-order valence-electron chi connectivity index (χ1n) is 16.1. The molecule has 0 aliphatic rings. The number of hydrogen-bond donors (Lipinski definition) is 0. The van der Waals surface area contributed by atoms with Gasteiger partial charge in [0.1, 0.15) is 5.65 Å². The summed E-state index contributed by atoms with van der Waals surface area (Å²) in [6.45, 7) is 0. The molecular formula is C43H27N5. The average molecular weight is 614 g/mol. The number of rotatable bonds is 4. The maximum Gasteiger partial charge on any atom is 0.160 e. The lowest BCUT2D eigenvalue weighted by atomic mass is 10.1. The van der Waals surface area contributed by atoms with E-state index >= 15 is 0 Å². The van der Waals surface area contributed by atoms with Crippen molar-refractivity contribution in [1.29, 1.82) is 0 Å². The Morgan fingerprint density at radius 1 is 0.396 bits per heavy atom. The molecule has 0 radical (unpaired) electrons. The van der Waals surface area contributed by atoms with E-state index in [4.69, 9.17) is 15.0 Å². The van der Waals surface area contributed by atoms with Gasteiger partial charge in [0.15, 0.2) is 5.82 Å². The number of imidazole rings is 1. The number of benzene rings is 6. The Morgan fingerprint density at radius 2 is 1.00 bits per heavy atom. The van der Waals surface area contributed by atoms with Crippen molar-refractivity contribution >= 4 is 49.4 Å². The van der Waals surface area contributed by atoms with Crippen LogP contribution in [0.4, 0.5) is 0 Å². The summed E-state index contributed by atoms with van der Waals surface area (Å²) in [5, 5.41) is 3.46. The van der Waals surface area contributed by atoms with Crippen LogP contribution >= 0.6 is 0 Å². The van der Waals surface area contributed by atoms with Crippen LogP contribution in [0.5, 0.6) is 0 Å². The first kappa shape index (κ1) is 26.6. The first-order valence-corrected chi connectivity index (χ1v) is 16.1. The smallest absolute Gasteiger partial charge is 0.160 e. The maximum absolute atomic E-state index is 5.14. The van der Waals surface area contributed by atoms with Crippen LogP contribution in [0.1, 0.15) is 0 Å². The molecule has 5 nitrogen and oxygen atoms in total. The van der Waals surface area contributed by atoms with E-state index in [1.807, 2.05) is 36.4 Å². The van der Waals surface area contributed by atoms with Gasteiger partial charge in [-0.05, 0) is 36.4 Å². The van der Waals surface area contributed by atoms with Gasteiger partial charge in [-0.2, -0.15) is 0 Å². The molecule has 0 fully saturated rings. The van der Waals surface area contributed by atoms with Gasteiger partial charge in [-0.3, -0.25) is 4.40 Å². The summed E-state index contributed by atoms with van der Waals surface area (Å²) in [6.07, 6.45) is 0. The minimum Gasteiger partial charge on any atom is -0.307 e. The second kappa shape index (κ2) is 10.5. The Labute approximate surface area is 276 Å². The van der Waals surface area contributed by atoms with E-state index < -0.39 is 0 Å². The Kier molecular flexibility index (Phi) is 5.81. The molecule has 48 heavy (non-hydrogen) atoms. The number of hydrogen-bond acceptors (Lipinski definition) is 3. The SMILES string of the molecule is c1ccc(-c2cc(-c3cccc(-n4c5ccccc5c5c4c4ccccc4c4nc6ccccc6n45)c3)nc(-c3ccccc3)n2)cc1. The van der Waals surface area contributed by atoms with Crippen LogP contribution in [-0.4, -0.2) is 23.9 Å². The predicted octanol–water partition coefficient (Wildman–Crippen LogP) is 10.5. The highest BCUT2D eigenvalue weighted by molar-refractivity contribution is 6.21. The molecule has 0 atom stereocenters. The van der Waals surface area contributed by atoms with Gasteiger partial charge in [0.05, 0.1) is 39.0 Å². The Bertz CT molecular complexity index is 2770. The second-order valence-electron chi connectivity index (χ2n) is 12.1. The largest absolute Gasteiger partial charge is 0.307 e. The molecule has 4 aromatic heterocycles. The van der Waals surface area contributed by atoms with Gasteiger partial charge < -0.3 is 4.57 Å². The molecule has 0 aliphatic carbocycles. The minimum atomic E-state index is 0.703. The fourth-order valence-electron chi connectivity index (χ4n) is 7.16. The Hall–Kier alpha value is -6.59. The van der Waals surface area contributed by atoms with Gasteiger partial charge in [-0.15, -0.1) is 0 Å². The molecule has 4 heterocycles. The van der Waals surface area contributed by atoms with Crippen LogP contribution in [0.25, 0.3) is 89.0 Å². The topological polar surface area (TPSA) is 48.0 Å². The third kappa shape index (κ3) is 4.01. The highest BCUT2D eigenvalue weighted by atomic mass is 15.1. The van der Waals surface area contributed by atoms with E-state index in [1.54, 1.807) is 0 Å². The van der Waals surface area contributed by atoms with Crippen molar-refractivity contribution in [3.63, 3.8) is 0 Å². The van der Waals surface area contributed by atoms with E-state index in [0.717, 1.165) is 77.8 Å². The van der Waals surface area contributed by atoms with Crippen molar-refractivity contribution in [2.75, 3.05) is 0 Å². The molecule has 0 saturated heterocycles. The maximum atomic E-state index is 5.14. The quantitative estimate of drug-likeness (QED) is 0.198. The van der Waals surface area contributed by atoms with Crippen LogP contribution in [0.15, 0.2) is 164 Å². The summed E-state index contributed by atoms with van der Waals surface area (Å²) in [5.74, 6) is 0.703.